The van der Waals surface area contributed by atoms with Crippen molar-refractivity contribution >= 4 is 17.3 Å². The van der Waals surface area contributed by atoms with Gasteiger partial charge in [-0.2, -0.15) is 5.10 Å². The highest BCUT2D eigenvalue weighted by atomic mass is 16.2. The Morgan fingerprint density at radius 1 is 1.09 bits per heavy atom. The zero-order valence-electron chi connectivity index (χ0n) is 13.1. The Hall–Kier alpha value is -1.84. The molecule has 2 saturated carbocycles. The summed E-state index contributed by atoms with van der Waals surface area (Å²) in [6, 6.07) is 9.75. The van der Waals surface area contributed by atoms with Crippen LogP contribution in [-0.4, -0.2) is 18.2 Å². The number of para-hydroxylation sites is 1. The van der Waals surface area contributed by atoms with Crippen LogP contribution in [0.1, 0.15) is 44.9 Å². The zero-order valence-corrected chi connectivity index (χ0v) is 13.1. The highest BCUT2D eigenvalue weighted by Crippen LogP contribution is 2.39. The smallest absolute Gasteiger partial charge is 0.259 e. The molecule has 0 unspecified atom stereocenters. The van der Waals surface area contributed by atoms with Gasteiger partial charge in [0, 0.05) is 11.4 Å². The second-order valence-corrected chi connectivity index (χ2v) is 6.48. The first kappa shape index (κ1) is 15.1. The molecule has 4 heteroatoms. The molecular formula is C18H25N3O. The molecule has 0 aromatic heterocycles. The lowest BCUT2D eigenvalue weighted by Gasteiger charge is -2.35. The fourth-order valence-corrected chi connectivity index (χ4v) is 3.71. The first-order valence-corrected chi connectivity index (χ1v) is 8.44. The minimum atomic E-state index is -0.0814. The Balaban J connectivity index is 1.44. The van der Waals surface area contributed by atoms with Crippen molar-refractivity contribution in [3.63, 3.8) is 0 Å². The fourth-order valence-electron chi connectivity index (χ4n) is 3.71. The van der Waals surface area contributed by atoms with Crippen molar-refractivity contribution < 1.29 is 4.79 Å². The number of nitrogens with one attached hydrogen (secondary N) is 2. The van der Waals surface area contributed by atoms with E-state index in [9.17, 15) is 4.79 Å². The minimum absolute atomic E-state index is 0.0814. The van der Waals surface area contributed by atoms with E-state index < -0.39 is 0 Å². The van der Waals surface area contributed by atoms with Crippen molar-refractivity contribution in [1.82, 2.24) is 5.43 Å². The molecule has 1 amide bonds. The topological polar surface area (TPSA) is 53.5 Å². The van der Waals surface area contributed by atoms with Gasteiger partial charge in [-0.05, 0) is 49.7 Å². The van der Waals surface area contributed by atoms with Crippen LogP contribution in [-0.2, 0) is 4.79 Å². The lowest BCUT2D eigenvalue weighted by molar-refractivity contribution is -0.119. The molecule has 0 saturated heterocycles. The summed E-state index contributed by atoms with van der Waals surface area (Å²) in [5.41, 5.74) is 4.83. The lowest BCUT2D eigenvalue weighted by Crippen LogP contribution is -2.31. The van der Waals surface area contributed by atoms with Gasteiger partial charge in [0.2, 0.25) is 0 Å². The number of carbonyl (C=O) groups is 1. The second-order valence-electron chi connectivity index (χ2n) is 6.48. The van der Waals surface area contributed by atoms with Crippen LogP contribution >= 0.6 is 0 Å². The van der Waals surface area contributed by atoms with Crippen LogP contribution in [0.2, 0.25) is 0 Å². The number of hydrogen-bond acceptors (Lipinski definition) is 3. The highest BCUT2D eigenvalue weighted by molar-refractivity contribution is 5.88. The van der Waals surface area contributed by atoms with Gasteiger partial charge in [0.15, 0.2) is 0 Å². The number of fused-ring (bicyclic) bond motifs is 1. The van der Waals surface area contributed by atoms with Crippen molar-refractivity contribution in [2.75, 3.05) is 11.9 Å². The van der Waals surface area contributed by atoms with E-state index in [1.54, 1.807) is 0 Å². The third kappa shape index (κ3) is 4.09. The Bertz CT molecular complexity index is 526. The van der Waals surface area contributed by atoms with Crippen LogP contribution in [0.3, 0.4) is 0 Å². The predicted molar refractivity (Wildman–Crippen MR) is 89.8 cm³/mol. The maximum atomic E-state index is 11.9. The first-order valence-electron chi connectivity index (χ1n) is 8.44. The second kappa shape index (κ2) is 7.43. The maximum absolute atomic E-state index is 11.9. The SMILES string of the molecule is O=C(CNc1ccccc1)N/N=C1\CC[C@@H]2CCCC[C@@H]2C1. The Labute approximate surface area is 132 Å². The lowest BCUT2D eigenvalue weighted by atomic mass is 9.70. The molecule has 0 bridgehead atoms. The van der Waals surface area contributed by atoms with E-state index in [4.69, 9.17) is 0 Å². The predicted octanol–water partition coefficient (Wildman–Crippen LogP) is 3.56. The molecule has 1 aromatic rings. The molecule has 0 aliphatic heterocycles. The van der Waals surface area contributed by atoms with Gasteiger partial charge in [0.1, 0.15) is 0 Å². The summed E-state index contributed by atoms with van der Waals surface area (Å²) in [5, 5.41) is 7.46. The van der Waals surface area contributed by atoms with E-state index in [-0.39, 0.29) is 12.5 Å². The molecule has 22 heavy (non-hydrogen) atoms. The van der Waals surface area contributed by atoms with Crippen molar-refractivity contribution in [1.29, 1.82) is 0 Å². The van der Waals surface area contributed by atoms with Crippen LogP contribution < -0.4 is 10.7 Å². The molecule has 2 N–H and O–H groups in total. The molecule has 2 aliphatic rings. The number of amides is 1. The van der Waals surface area contributed by atoms with Crippen molar-refractivity contribution in [2.24, 2.45) is 16.9 Å². The Kier molecular flexibility index (Phi) is 5.09. The number of nitrogens with zero attached hydrogens (tertiary/aromatic N) is 1. The molecule has 2 aliphatic carbocycles. The largest absolute Gasteiger partial charge is 0.376 e. The average Bonchev–Trinajstić information content (AvgIpc) is 2.59. The van der Waals surface area contributed by atoms with Gasteiger partial charge < -0.3 is 5.32 Å². The molecule has 2 fully saturated rings. The monoisotopic (exact) mass is 299 g/mol. The van der Waals surface area contributed by atoms with Crippen molar-refractivity contribution in [2.45, 2.75) is 44.9 Å². The van der Waals surface area contributed by atoms with Gasteiger partial charge in [-0.15, -0.1) is 0 Å². The summed E-state index contributed by atoms with van der Waals surface area (Å²) < 4.78 is 0. The number of rotatable bonds is 4. The van der Waals surface area contributed by atoms with Gasteiger partial charge in [-0.25, -0.2) is 5.43 Å². The summed E-state index contributed by atoms with van der Waals surface area (Å²) in [4.78, 5) is 11.9. The Morgan fingerprint density at radius 2 is 1.86 bits per heavy atom. The van der Waals surface area contributed by atoms with Crippen LogP contribution in [0.4, 0.5) is 5.69 Å². The van der Waals surface area contributed by atoms with Crippen molar-refractivity contribution in [3.8, 4) is 0 Å². The van der Waals surface area contributed by atoms with Gasteiger partial charge in [0.25, 0.3) is 5.91 Å². The molecule has 0 radical (unpaired) electrons. The average molecular weight is 299 g/mol. The fraction of sp³-hybridized carbons (Fsp3) is 0.556. The van der Waals surface area contributed by atoms with E-state index in [1.165, 1.54) is 37.8 Å². The third-order valence-corrected chi connectivity index (χ3v) is 4.93. The molecule has 3 rings (SSSR count). The number of hydrazone groups is 1. The molecule has 118 valence electrons. The van der Waals surface area contributed by atoms with Gasteiger partial charge >= 0.3 is 0 Å². The van der Waals surface area contributed by atoms with Gasteiger partial charge in [-0.1, -0.05) is 37.5 Å². The van der Waals surface area contributed by atoms with Crippen LogP contribution in [0, 0.1) is 11.8 Å². The summed E-state index contributed by atoms with van der Waals surface area (Å²) in [7, 11) is 0. The molecule has 1 aromatic carbocycles. The summed E-state index contributed by atoms with van der Waals surface area (Å²) in [6.07, 6.45) is 8.88. The molecule has 2 atom stereocenters. The van der Waals surface area contributed by atoms with Crippen LogP contribution in [0.5, 0.6) is 0 Å². The summed E-state index contributed by atoms with van der Waals surface area (Å²) in [6.45, 7) is 0.257. The van der Waals surface area contributed by atoms with Crippen LogP contribution in [0.25, 0.3) is 0 Å². The molecule has 0 spiro atoms. The van der Waals surface area contributed by atoms with E-state index in [0.29, 0.717) is 0 Å². The molecule has 4 nitrogen and oxygen atoms in total. The van der Waals surface area contributed by atoms with Gasteiger partial charge in [0.05, 0.1) is 6.54 Å². The van der Waals surface area contributed by atoms with E-state index >= 15 is 0 Å². The molecular weight excluding hydrogens is 274 g/mol. The number of benzene rings is 1. The quantitative estimate of drug-likeness (QED) is 0.835. The Morgan fingerprint density at radius 3 is 2.68 bits per heavy atom. The minimum Gasteiger partial charge on any atom is -0.376 e. The van der Waals surface area contributed by atoms with Gasteiger partial charge in [-0.3, -0.25) is 4.79 Å². The number of carbonyl (C=O) groups excluding carboxylic acids is 1. The van der Waals surface area contributed by atoms with Crippen LogP contribution in [0.15, 0.2) is 35.4 Å². The third-order valence-electron chi connectivity index (χ3n) is 4.93. The summed E-state index contributed by atoms with van der Waals surface area (Å²) >= 11 is 0. The van der Waals surface area contributed by atoms with E-state index in [0.717, 1.165) is 30.4 Å². The van der Waals surface area contributed by atoms with E-state index in [2.05, 4.69) is 15.8 Å². The maximum Gasteiger partial charge on any atom is 0.259 e. The number of anilines is 1. The first-order chi connectivity index (χ1) is 10.8. The van der Waals surface area contributed by atoms with E-state index in [1.807, 2.05) is 30.3 Å². The zero-order chi connectivity index (χ0) is 15.2. The normalized spacial score (nSPS) is 26.3. The number of hydrogen-bond donors (Lipinski definition) is 2. The summed E-state index contributed by atoms with van der Waals surface area (Å²) in [5.74, 6) is 1.63. The highest BCUT2D eigenvalue weighted by Gasteiger charge is 2.30. The molecule has 0 heterocycles. The van der Waals surface area contributed by atoms with Crippen molar-refractivity contribution in [3.05, 3.63) is 30.3 Å². The standard InChI is InChI=1S/C18H25N3O/c22-18(13-19-16-8-2-1-3-9-16)21-20-17-11-10-14-6-4-5-7-15(14)12-17/h1-3,8-9,14-15,19H,4-7,10-13H2,(H,21,22)/b20-17+/t14-,15+/m0/s1.